The molecule has 3 heterocycles. The van der Waals surface area contributed by atoms with Gasteiger partial charge in [-0.3, -0.25) is 4.79 Å². The van der Waals surface area contributed by atoms with Crippen LogP contribution in [0, 0.1) is 5.41 Å². The zero-order valence-corrected chi connectivity index (χ0v) is 13.0. The normalized spacial score (nSPS) is 24.7. The second-order valence-corrected chi connectivity index (χ2v) is 6.50. The predicted molar refractivity (Wildman–Crippen MR) is 81.3 cm³/mol. The summed E-state index contributed by atoms with van der Waals surface area (Å²) in [4.78, 5) is 14.9. The number of amides is 1. The van der Waals surface area contributed by atoms with Gasteiger partial charge >= 0.3 is 0 Å². The number of carbonyl (C=O) groups is 1. The molecule has 2 fully saturated rings. The lowest BCUT2D eigenvalue weighted by molar-refractivity contribution is 0.0612. The minimum absolute atomic E-state index is 0.139. The van der Waals surface area contributed by atoms with Gasteiger partial charge in [-0.1, -0.05) is 0 Å². The summed E-state index contributed by atoms with van der Waals surface area (Å²) in [6.07, 6.45) is 5.31. The number of hydrogen-bond donors (Lipinski definition) is 1. The molecule has 2 aliphatic heterocycles. The third-order valence-electron chi connectivity index (χ3n) is 5.06. The molecule has 2 aliphatic rings. The second-order valence-electron chi connectivity index (χ2n) is 6.50. The van der Waals surface area contributed by atoms with Crippen LogP contribution in [-0.2, 0) is 11.8 Å². The van der Waals surface area contributed by atoms with Crippen LogP contribution >= 0.6 is 0 Å². The number of piperidine rings is 1. The number of rotatable bonds is 3. The highest BCUT2D eigenvalue weighted by Crippen LogP contribution is 2.42. The van der Waals surface area contributed by atoms with Crippen LogP contribution in [0.1, 0.15) is 29.8 Å². The number of methoxy groups -OCH3 is 1. The van der Waals surface area contributed by atoms with Crippen LogP contribution in [0.5, 0.6) is 0 Å². The average molecular weight is 291 g/mol. The van der Waals surface area contributed by atoms with Gasteiger partial charge in [-0.25, -0.2) is 0 Å². The lowest BCUT2D eigenvalue weighted by Crippen LogP contribution is -2.41. The van der Waals surface area contributed by atoms with Crippen LogP contribution in [0.4, 0.5) is 0 Å². The van der Waals surface area contributed by atoms with Crippen molar-refractivity contribution in [1.29, 1.82) is 0 Å². The summed E-state index contributed by atoms with van der Waals surface area (Å²) in [5, 5.41) is 3.42. The van der Waals surface area contributed by atoms with Gasteiger partial charge in [-0.15, -0.1) is 0 Å². The zero-order chi connectivity index (χ0) is 14.9. The molecular weight excluding hydrogens is 266 g/mol. The highest BCUT2D eigenvalue weighted by Gasteiger charge is 2.46. The summed E-state index contributed by atoms with van der Waals surface area (Å²) in [6, 6.07) is 4.03. The van der Waals surface area contributed by atoms with Crippen molar-refractivity contribution >= 4 is 5.91 Å². The van der Waals surface area contributed by atoms with Crippen molar-refractivity contribution in [2.75, 3.05) is 33.4 Å². The highest BCUT2D eigenvalue weighted by atomic mass is 16.5. The van der Waals surface area contributed by atoms with E-state index in [0.29, 0.717) is 6.61 Å². The number of nitrogens with zero attached hydrogens (tertiary/aromatic N) is 2. The van der Waals surface area contributed by atoms with Crippen molar-refractivity contribution in [3.05, 3.63) is 24.0 Å². The van der Waals surface area contributed by atoms with E-state index >= 15 is 0 Å². The van der Waals surface area contributed by atoms with Gasteiger partial charge in [0.15, 0.2) is 0 Å². The summed E-state index contributed by atoms with van der Waals surface area (Å²) in [5.41, 5.74) is 1.05. The molecule has 1 N–H and O–H groups in total. The highest BCUT2D eigenvalue weighted by molar-refractivity contribution is 5.93. The lowest BCUT2D eigenvalue weighted by Gasteiger charge is -2.33. The zero-order valence-electron chi connectivity index (χ0n) is 13.0. The van der Waals surface area contributed by atoms with Gasteiger partial charge in [0, 0.05) is 26.9 Å². The van der Waals surface area contributed by atoms with E-state index < -0.39 is 0 Å². The largest absolute Gasteiger partial charge is 0.383 e. The third-order valence-corrected chi connectivity index (χ3v) is 5.06. The SMILES string of the molecule is COC[C@@H]1CC2(CCNCC2)CN1C(=O)c1cccn1C. The number of hydrogen-bond acceptors (Lipinski definition) is 3. The molecule has 1 atom stereocenters. The Kier molecular flexibility index (Phi) is 4.04. The van der Waals surface area contributed by atoms with Crippen LogP contribution < -0.4 is 5.32 Å². The van der Waals surface area contributed by atoms with Gasteiger partial charge in [0.05, 0.1) is 12.6 Å². The molecule has 1 aromatic heterocycles. The van der Waals surface area contributed by atoms with E-state index in [4.69, 9.17) is 4.74 Å². The Morgan fingerprint density at radius 3 is 2.86 bits per heavy atom. The van der Waals surface area contributed by atoms with Crippen LogP contribution in [-0.4, -0.2) is 54.8 Å². The van der Waals surface area contributed by atoms with E-state index in [1.807, 2.05) is 34.8 Å². The number of aryl methyl sites for hydroxylation is 1. The fraction of sp³-hybridized carbons (Fsp3) is 0.688. The van der Waals surface area contributed by atoms with Crippen LogP contribution in [0.3, 0.4) is 0 Å². The van der Waals surface area contributed by atoms with Crippen molar-refractivity contribution in [3.8, 4) is 0 Å². The summed E-state index contributed by atoms with van der Waals surface area (Å²) in [6.45, 7) is 3.62. The number of ether oxygens (including phenoxy) is 1. The Bertz CT molecular complexity index is 505. The van der Waals surface area contributed by atoms with Gasteiger partial charge in [0.2, 0.25) is 0 Å². The molecule has 5 heteroatoms. The Morgan fingerprint density at radius 2 is 2.24 bits per heavy atom. The van der Waals surface area contributed by atoms with Gasteiger partial charge in [-0.2, -0.15) is 0 Å². The second kappa shape index (κ2) is 5.81. The summed E-state index contributed by atoms with van der Waals surface area (Å²) < 4.78 is 7.27. The predicted octanol–water partition coefficient (Wildman–Crippen LogP) is 1.26. The Balaban J connectivity index is 1.81. The van der Waals surface area contributed by atoms with E-state index in [0.717, 1.165) is 44.6 Å². The molecule has 0 aromatic carbocycles. The Labute approximate surface area is 126 Å². The van der Waals surface area contributed by atoms with Crippen molar-refractivity contribution in [2.45, 2.75) is 25.3 Å². The molecule has 21 heavy (non-hydrogen) atoms. The topological polar surface area (TPSA) is 46.5 Å². The quantitative estimate of drug-likeness (QED) is 0.912. The van der Waals surface area contributed by atoms with Crippen LogP contribution in [0.2, 0.25) is 0 Å². The first-order valence-corrected chi connectivity index (χ1v) is 7.77. The molecule has 3 rings (SSSR count). The molecule has 1 spiro atoms. The smallest absolute Gasteiger partial charge is 0.270 e. The first-order chi connectivity index (χ1) is 10.2. The number of likely N-dealkylation sites (tertiary alicyclic amines) is 1. The average Bonchev–Trinajstić information content (AvgIpc) is 3.04. The number of aromatic nitrogens is 1. The molecule has 1 amide bonds. The van der Waals surface area contributed by atoms with E-state index in [2.05, 4.69) is 5.32 Å². The lowest BCUT2D eigenvalue weighted by atomic mass is 9.77. The van der Waals surface area contributed by atoms with Crippen molar-refractivity contribution in [1.82, 2.24) is 14.8 Å². The molecule has 1 aromatic rings. The maximum Gasteiger partial charge on any atom is 0.270 e. The van der Waals surface area contributed by atoms with Crippen LogP contribution in [0.15, 0.2) is 18.3 Å². The minimum Gasteiger partial charge on any atom is -0.383 e. The number of carbonyl (C=O) groups excluding carboxylic acids is 1. The van der Waals surface area contributed by atoms with E-state index in [9.17, 15) is 4.79 Å². The monoisotopic (exact) mass is 291 g/mol. The van der Waals surface area contributed by atoms with E-state index in [-0.39, 0.29) is 17.4 Å². The fourth-order valence-corrected chi connectivity index (χ4v) is 3.89. The molecule has 116 valence electrons. The van der Waals surface area contributed by atoms with Crippen molar-refractivity contribution in [3.63, 3.8) is 0 Å². The molecule has 0 bridgehead atoms. The van der Waals surface area contributed by atoms with E-state index in [1.54, 1.807) is 7.11 Å². The Morgan fingerprint density at radius 1 is 1.48 bits per heavy atom. The summed E-state index contributed by atoms with van der Waals surface area (Å²) in [5.74, 6) is 0.139. The number of nitrogens with one attached hydrogen (secondary N) is 1. The van der Waals surface area contributed by atoms with E-state index in [1.165, 1.54) is 0 Å². The fourth-order valence-electron chi connectivity index (χ4n) is 3.89. The molecule has 5 nitrogen and oxygen atoms in total. The van der Waals surface area contributed by atoms with Crippen LogP contribution in [0.25, 0.3) is 0 Å². The molecular formula is C16H25N3O2. The molecule has 0 unspecified atom stereocenters. The standard InChI is InChI=1S/C16H25N3O2/c1-18-9-3-4-14(18)15(20)19-12-16(5-7-17-8-6-16)10-13(19)11-21-2/h3-4,9,13,17H,5-8,10-12H2,1-2H3/t13-/m0/s1. The molecule has 0 aliphatic carbocycles. The maximum absolute atomic E-state index is 12.9. The van der Waals surface area contributed by atoms with Gasteiger partial charge < -0.3 is 19.5 Å². The van der Waals surface area contributed by atoms with Crippen molar-refractivity contribution in [2.24, 2.45) is 12.5 Å². The Hall–Kier alpha value is -1.33. The first kappa shape index (κ1) is 14.6. The summed E-state index contributed by atoms with van der Waals surface area (Å²) >= 11 is 0. The molecule has 0 saturated carbocycles. The van der Waals surface area contributed by atoms with Gasteiger partial charge in [-0.05, 0) is 49.9 Å². The minimum atomic E-state index is 0.139. The first-order valence-electron chi connectivity index (χ1n) is 7.77. The van der Waals surface area contributed by atoms with Gasteiger partial charge in [0.25, 0.3) is 5.91 Å². The maximum atomic E-state index is 12.9. The molecule has 2 saturated heterocycles. The van der Waals surface area contributed by atoms with Gasteiger partial charge in [0.1, 0.15) is 5.69 Å². The third kappa shape index (κ3) is 2.72. The summed E-state index contributed by atoms with van der Waals surface area (Å²) in [7, 11) is 3.65. The van der Waals surface area contributed by atoms with Crippen molar-refractivity contribution < 1.29 is 9.53 Å². The molecule has 0 radical (unpaired) electrons.